The summed E-state index contributed by atoms with van der Waals surface area (Å²) < 4.78 is 0. The van der Waals surface area contributed by atoms with Crippen LogP contribution in [-0.2, 0) is 6.42 Å². The number of hydrogen-bond donors (Lipinski definition) is 3. The lowest BCUT2D eigenvalue weighted by molar-refractivity contribution is 0.426. The molecule has 0 saturated heterocycles. The zero-order chi connectivity index (χ0) is 13.8. The summed E-state index contributed by atoms with van der Waals surface area (Å²) in [7, 11) is 0. The van der Waals surface area contributed by atoms with Crippen molar-refractivity contribution in [3.63, 3.8) is 0 Å². The Balaban J connectivity index is 2.00. The largest absolute Gasteiger partial charge is 0.508 e. The van der Waals surface area contributed by atoms with Gasteiger partial charge in [0.1, 0.15) is 11.5 Å². The van der Waals surface area contributed by atoms with E-state index in [1.165, 1.54) is 17.0 Å². The third kappa shape index (κ3) is 3.72. The van der Waals surface area contributed by atoms with E-state index in [0.717, 1.165) is 12.0 Å². The van der Waals surface area contributed by atoms with Crippen LogP contribution in [0, 0.1) is 0 Å². The summed E-state index contributed by atoms with van der Waals surface area (Å²) in [5, 5.41) is 24.8. The van der Waals surface area contributed by atoms with Gasteiger partial charge in [-0.25, -0.2) is 0 Å². The average Bonchev–Trinajstić information content (AvgIpc) is 2.84. The van der Waals surface area contributed by atoms with Gasteiger partial charge in [0.05, 0.1) is 0 Å². The van der Waals surface area contributed by atoms with Crippen LogP contribution < -0.4 is 5.32 Å². The summed E-state index contributed by atoms with van der Waals surface area (Å²) in [6.45, 7) is 4.11. The van der Waals surface area contributed by atoms with Crippen molar-refractivity contribution in [2.24, 2.45) is 0 Å². The van der Waals surface area contributed by atoms with Gasteiger partial charge in [-0.15, -0.1) is 11.3 Å². The van der Waals surface area contributed by atoms with Crippen molar-refractivity contribution in [3.8, 4) is 11.5 Å². The van der Waals surface area contributed by atoms with Gasteiger partial charge in [0.2, 0.25) is 0 Å². The number of nitrogens with one attached hydrogen (secondary N) is 1. The normalized spacial score (nSPS) is 14.2. The molecular weight excluding hydrogens is 258 g/mol. The van der Waals surface area contributed by atoms with Gasteiger partial charge in [0, 0.05) is 22.5 Å². The van der Waals surface area contributed by atoms with Crippen LogP contribution in [0.25, 0.3) is 0 Å². The van der Waals surface area contributed by atoms with Gasteiger partial charge in [0.15, 0.2) is 0 Å². The van der Waals surface area contributed by atoms with Crippen LogP contribution in [0.5, 0.6) is 11.5 Å². The van der Waals surface area contributed by atoms with Gasteiger partial charge >= 0.3 is 0 Å². The summed E-state index contributed by atoms with van der Waals surface area (Å²) in [6, 6.07) is 9.08. The Morgan fingerprint density at radius 3 is 2.68 bits per heavy atom. The van der Waals surface area contributed by atoms with Crippen molar-refractivity contribution < 1.29 is 10.2 Å². The number of benzene rings is 1. The molecule has 0 bridgehead atoms. The molecule has 102 valence electrons. The van der Waals surface area contributed by atoms with Crippen molar-refractivity contribution in [2.75, 3.05) is 0 Å². The summed E-state index contributed by atoms with van der Waals surface area (Å²) in [4.78, 5) is 1.34. The van der Waals surface area contributed by atoms with Crippen molar-refractivity contribution in [1.29, 1.82) is 0 Å². The van der Waals surface area contributed by atoms with Crippen LogP contribution in [0.3, 0.4) is 0 Å². The van der Waals surface area contributed by atoms with E-state index < -0.39 is 0 Å². The van der Waals surface area contributed by atoms with Crippen molar-refractivity contribution in [3.05, 3.63) is 46.2 Å². The van der Waals surface area contributed by atoms with Crippen LogP contribution in [0.1, 0.15) is 30.3 Å². The lowest BCUT2D eigenvalue weighted by atomic mass is 10.0. The Morgan fingerprint density at radius 2 is 2.00 bits per heavy atom. The number of phenolic OH excluding ortho intramolecular Hbond substituents is 2. The Labute approximate surface area is 117 Å². The topological polar surface area (TPSA) is 52.5 Å². The molecule has 19 heavy (non-hydrogen) atoms. The third-order valence-corrected chi connectivity index (χ3v) is 4.00. The number of aromatic hydroxyl groups is 2. The molecule has 3 nitrogen and oxygen atoms in total. The zero-order valence-corrected chi connectivity index (χ0v) is 11.9. The summed E-state index contributed by atoms with van der Waals surface area (Å²) in [5.74, 6) is 0.383. The number of rotatable bonds is 5. The summed E-state index contributed by atoms with van der Waals surface area (Å²) in [6.07, 6.45) is 0.960. The van der Waals surface area contributed by atoms with Gasteiger partial charge in [-0.3, -0.25) is 0 Å². The van der Waals surface area contributed by atoms with E-state index in [9.17, 15) is 10.2 Å². The van der Waals surface area contributed by atoms with Gasteiger partial charge in [-0.05, 0) is 49.9 Å². The molecule has 2 unspecified atom stereocenters. The van der Waals surface area contributed by atoms with Crippen molar-refractivity contribution >= 4 is 11.3 Å². The quantitative estimate of drug-likeness (QED) is 0.734. The maximum absolute atomic E-state index is 9.83. The predicted octanol–water partition coefficient (Wildman–Crippen LogP) is 3.44. The monoisotopic (exact) mass is 277 g/mol. The standard InChI is InChI=1S/C15H19NO2S/c1-10(8-13-4-3-7-19-13)16-11(2)14-9-12(17)5-6-15(14)18/h3-7,9-11,16-18H,8H2,1-2H3. The minimum absolute atomic E-state index is 0.0120. The van der Waals surface area contributed by atoms with Crippen molar-refractivity contribution in [2.45, 2.75) is 32.4 Å². The van der Waals surface area contributed by atoms with Crippen LogP contribution in [0.15, 0.2) is 35.7 Å². The van der Waals surface area contributed by atoms with Gasteiger partial charge < -0.3 is 15.5 Å². The molecule has 0 spiro atoms. The number of thiophene rings is 1. The fourth-order valence-corrected chi connectivity index (χ4v) is 3.03. The van der Waals surface area contributed by atoms with E-state index in [1.54, 1.807) is 17.4 Å². The molecule has 2 aromatic rings. The highest BCUT2D eigenvalue weighted by Gasteiger charge is 2.14. The lowest BCUT2D eigenvalue weighted by Crippen LogP contribution is -2.30. The predicted molar refractivity (Wildman–Crippen MR) is 78.8 cm³/mol. The fraction of sp³-hybridized carbons (Fsp3) is 0.333. The second kappa shape index (κ2) is 6.08. The van der Waals surface area contributed by atoms with Crippen LogP contribution >= 0.6 is 11.3 Å². The minimum atomic E-state index is -0.0120. The van der Waals surface area contributed by atoms with E-state index >= 15 is 0 Å². The molecule has 4 heteroatoms. The van der Waals surface area contributed by atoms with E-state index in [-0.39, 0.29) is 17.5 Å². The molecule has 0 aliphatic rings. The van der Waals surface area contributed by atoms with Gasteiger partial charge in [-0.1, -0.05) is 6.07 Å². The van der Waals surface area contributed by atoms with E-state index in [4.69, 9.17) is 0 Å². The smallest absolute Gasteiger partial charge is 0.120 e. The SMILES string of the molecule is CC(Cc1cccs1)NC(C)c1cc(O)ccc1O. The maximum atomic E-state index is 9.83. The van der Waals surface area contributed by atoms with Crippen LogP contribution in [0.4, 0.5) is 0 Å². The molecule has 0 fully saturated rings. The van der Waals surface area contributed by atoms with Gasteiger partial charge in [-0.2, -0.15) is 0 Å². The first-order chi connectivity index (χ1) is 9.06. The van der Waals surface area contributed by atoms with E-state index in [1.807, 2.05) is 6.92 Å². The molecule has 2 rings (SSSR count). The number of hydrogen-bond acceptors (Lipinski definition) is 4. The Kier molecular flexibility index (Phi) is 4.45. The summed E-state index contributed by atoms with van der Waals surface area (Å²) in [5.41, 5.74) is 0.720. The number of phenols is 2. The molecule has 2 atom stereocenters. The van der Waals surface area contributed by atoms with Crippen LogP contribution in [-0.4, -0.2) is 16.3 Å². The van der Waals surface area contributed by atoms with E-state index in [0.29, 0.717) is 6.04 Å². The van der Waals surface area contributed by atoms with Crippen LogP contribution in [0.2, 0.25) is 0 Å². The Bertz CT molecular complexity index is 525. The highest BCUT2D eigenvalue weighted by Crippen LogP contribution is 2.28. The Morgan fingerprint density at radius 1 is 1.21 bits per heavy atom. The zero-order valence-electron chi connectivity index (χ0n) is 11.1. The molecular formula is C15H19NO2S. The first-order valence-electron chi connectivity index (χ1n) is 6.36. The summed E-state index contributed by atoms with van der Waals surface area (Å²) >= 11 is 1.75. The molecule has 0 aliphatic heterocycles. The van der Waals surface area contributed by atoms with Gasteiger partial charge in [0.25, 0.3) is 0 Å². The first kappa shape index (κ1) is 13.9. The second-order valence-corrected chi connectivity index (χ2v) is 5.85. The lowest BCUT2D eigenvalue weighted by Gasteiger charge is -2.21. The third-order valence-electron chi connectivity index (χ3n) is 3.10. The average molecular weight is 277 g/mol. The highest BCUT2D eigenvalue weighted by molar-refractivity contribution is 7.09. The molecule has 1 heterocycles. The molecule has 1 aromatic heterocycles. The minimum Gasteiger partial charge on any atom is -0.508 e. The second-order valence-electron chi connectivity index (χ2n) is 4.82. The van der Waals surface area contributed by atoms with E-state index in [2.05, 4.69) is 29.8 Å². The molecule has 1 aromatic carbocycles. The highest BCUT2D eigenvalue weighted by atomic mass is 32.1. The molecule has 0 aliphatic carbocycles. The molecule has 3 N–H and O–H groups in total. The fourth-order valence-electron chi connectivity index (χ4n) is 2.19. The molecule has 0 amide bonds. The molecule has 0 radical (unpaired) electrons. The first-order valence-corrected chi connectivity index (χ1v) is 7.24. The molecule has 0 saturated carbocycles. The Hall–Kier alpha value is -1.52. The van der Waals surface area contributed by atoms with Crippen molar-refractivity contribution in [1.82, 2.24) is 5.32 Å². The maximum Gasteiger partial charge on any atom is 0.120 e.